The molecule has 0 fully saturated rings. The Kier molecular flexibility index (Phi) is 7.60. The van der Waals surface area contributed by atoms with Crippen molar-refractivity contribution in [3.05, 3.63) is 29.8 Å². The van der Waals surface area contributed by atoms with Gasteiger partial charge in [0, 0.05) is 8.31 Å². The molecule has 0 spiro atoms. The van der Waals surface area contributed by atoms with E-state index >= 15 is 0 Å². The molecule has 0 unspecified atom stereocenters. The Bertz CT molecular complexity index is 310. The van der Waals surface area contributed by atoms with Crippen LogP contribution in [0, 0.1) is 6.92 Å². The summed E-state index contributed by atoms with van der Waals surface area (Å²) in [5.41, 5.74) is 1.39. The molecule has 2 radical (unpaired) electrons. The monoisotopic (exact) mass is 276 g/mol. The molecule has 0 bridgehead atoms. The van der Waals surface area contributed by atoms with Gasteiger partial charge in [0.25, 0.3) is 0 Å². The summed E-state index contributed by atoms with van der Waals surface area (Å²) >= 11 is 0. The number of hydrogen-bond acceptors (Lipinski definition) is 0. The highest BCUT2D eigenvalue weighted by Crippen LogP contribution is 2.13. The van der Waals surface area contributed by atoms with Gasteiger partial charge in [0.05, 0.1) is 8.31 Å². The van der Waals surface area contributed by atoms with Gasteiger partial charge in [-0.2, -0.15) is 0 Å². The van der Waals surface area contributed by atoms with Gasteiger partial charge < -0.3 is 0 Å². The average molecular weight is 277 g/mol. The van der Waals surface area contributed by atoms with Gasteiger partial charge in [-0.15, -0.1) is 0 Å². The highest BCUT2D eigenvalue weighted by Gasteiger charge is 2.21. The van der Waals surface area contributed by atoms with Crippen LogP contribution >= 0.6 is 0 Å². The molecule has 0 N–H and O–H groups in total. The average Bonchev–Trinajstić information content (AvgIpc) is 2.39. The van der Waals surface area contributed by atoms with Crippen molar-refractivity contribution in [2.45, 2.75) is 65.1 Å². The van der Waals surface area contributed by atoms with E-state index in [2.05, 4.69) is 51.6 Å². The van der Waals surface area contributed by atoms with Crippen molar-refractivity contribution in [2.75, 3.05) is 0 Å². The quantitative estimate of drug-likeness (QED) is 0.613. The molecule has 1 aromatic rings. The van der Waals surface area contributed by atoms with E-state index in [9.17, 15) is 0 Å². The summed E-state index contributed by atoms with van der Waals surface area (Å²) in [4.78, 5) is 0. The van der Waals surface area contributed by atoms with E-state index in [-0.39, 0.29) is 16.6 Å². The van der Waals surface area contributed by atoms with Crippen molar-refractivity contribution in [3.8, 4) is 0 Å². The molecule has 2 heteroatoms. The van der Waals surface area contributed by atoms with Crippen LogP contribution < -0.4 is 5.19 Å². The van der Waals surface area contributed by atoms with Gasteiger partial charge in [-0.25, -0.2) is 0 Å². The first-order valence-electron chi connectivity index (χ1n) is 7.44. The van der Waals surface area contributed by atoms with Crippen LogP contribution in [0.5, 0.6) is 0 Å². The zero-order valence-corrected chi connectivity index (χ0v) is 14.6. The predicted molar refractivity (Wildman–Crippen MR) is 87.6 cm³/mol. The molecule has 0 aromatic heterocycles. The van der Waals surface area contributed by atoms with Crippen molar-refractivity contribution in [1.29, 1.82) is 0 Å². The second-order valence-electron chi connectivity index (χ2n) is 5.30. The summed E-state index contributed by atoms with van der Waals surface area (Å²) in [5.74, 6) is 0. The summed E-state index contributed by atoms with van der Waals surface area (Å²) in [6.07, 6.45) is 5.63. The van der Waals surface area contributed by atoms with Crippen LogP contribution in [0.15, 0.2) is 24.3 Å². The summed E-state index contributed by atoms with van der Waals surface area (Å²) in [7, 11) is -0.376. The lowest BCUT2D eigenvalue weighted by Gasteiger charge is -2.21. The van der Waals surface area contributed by atoms with E-state index in [1.165, 1.54) is 31.2 Å². The fourth-order valence-electron chi connectivity index (χ4n) is 2.29. The maximum atomic E-state index is 2.56. The highest BCUT2D eigenvalue weighted by atomic mass is 29.2. The Balaban J connectivity index is 2.66. The van der Waals surface area contributed by atoms with E-state index in [4.69, 9.17) is 0 Å². The Hall–Kier alpha value is -0.346. The molecule has 0 saturated carbocycles. The van der Waals surface area contributed by atoms with Crippen LogP contribution in [0.2, 0.25) is 18.6 Å². The van der Waals surface area contributed by atoms with Crippen LogP contribution in [0.1, 0.15) is 45.1 Å². The van der Waals surface area contributed by atoms with Gasteiger partial charge in [0.2, 0.25) is 0 Å². The minimum Gasteiger partial charge on any atom is -0.0691 e. The van der Waals surface area contributed by atoms with Gasteiger partial charge in [0.1, 0.15) is 0 Å². The van der Waals surface area contributed by atoms with E-state index in [0.29, 0.717) is 0 Å². The Morgan fingerprint density at radius 2 is 1.39 bits per heavy atom. The first-order chi connectivity index (χ1) is 8.69. The fourth-order valence-corrected chi connectivity index (χ4v) is 11.0. The third kappa shape index (κ3) is 5.11. The van der Waals surface area contributed by atoms with Gasteiger partial charge >= 0.3 is 0 Å². The molecule has 0 amide bonds. The number of unbranched alkanes of at least 4 members (excludes halogenated alkanes) is 2. The zero-order valence-electron chi connectivity index (χ0n) is 12.6. The molecule has 0 heterocycles. The third-order valence-corrected chi connectivity index (χ3v) is 13.4. The molecule has 1 aromatic carbocycles. The lowest BCUT2D eigenvalue weighted by Crippen LogP contribution is -2.43. The molecule has 0 atom stereocenters. The van der Waals surface area contributed by atoms with Crippen molar-refractivity contribution >= 4 is 21.8 Å². The SMILES string of the molecule is CCCC[Si](CCCC)[Si](C)c1ccc(C)cc1. The molecule has 100 valence electrons. The van der Waals surface area contributed by atoms with Crippen molar-refractivity contribution in [1.82, 2.24) is 0 Å². The molecule has 0 aliphatic heterocycles. The van der Waals surface area contributed by atoms with Crippen LogP contribution in [0.3, 0.4) is 0 Å². The molecular formula is C16H28Si2. The lowest BCUT2D eigenvalue weighted by atomic mass is 10.2. The maximum Gasteiger partial charge on any atom is 0.0716 e. The Morgan fingerprint density at radius 1 is 0.889 bits per heavy atom. The van der Waals surface area contributed by atoms with Gasteiger partial charge in [-0.05, 0) is 6.92 Å². The van der Waals surface area contributed by atoms with Gasteiger partial charge in [-0.1, -0.05) is 93.2 Å². The first-order valence-corrected chi connectivity index (χ1v) is 12.4. The van der Waals surface area contributed by atoms with E-state index in [1.54, 1.807) is 17.3 Å². The summed E-state index contributed by atoms with van der Waals surface area (Å²) in [6, 6.07) is 12.5. The van der Waals surface area contributed by atoms with E-state index in [1.807, 2.05) is 0 Å². The maximum absolute atomic E-state index is 2.56. The predicted octanol–water partition coefficient (Wildman–Crippen LogP) is 4.50. The molecule has 0 nitrogen and oxygen atoms in total. The number of hydrogen-bond donors (Lipinski definition) is 0. The van der Waals surface area contributed by atoms with Crippen molar-refractivity contribution in [2.24, 2.45) is 0 Å². The second kappa shape index (κ2) is 8.70. The molecular weight excluding hydrogens is 248 g/mol. The van der Waals surface area contributed by atoms with Gasteiger partial charge in [0.15, 0.2) is 0 Å². The van der Waals surface area contributed by atoms with Crippen LogP contribution in [-0.2, 0) is 0 Å². The van der Waals surface area contributed by atoms with Crippen LogP contribution in [-0.4, -0.2) is 16.6 Å². The normalized spacial score (nSPS) is 11.4. The largest absolute Gasteiger partial charge is 0.0716 e. The number of benzene rings is 1. The molecule has 0 aliphatic rings. The number of rotatable bonds is 8. The second-order valence-corrected chi connectivity index (χ2v) is 13.7. The highest BCUT2D eigenvalue weighted by molar-refractivity contribution is 7.27. The van der Waals surface area contributed by atoms with Crippen molar-refractivity contribution in [3.63, 3.8) is 0 Å². The minimum atomic E-state index is -0.265. The lowest BCUT2D eigenvalue weighted by molar-refractivity contribution is 0.848. The zero-order chi connectivity index (χ0) is 13.4. The molecule has 18 heavy (non-hydrogen) atoms. The molecule has 1 rings (SSSR count). The number of aryl methyl sites for hydroxylation is 1. The summed E-state index contributed by atoms with van der Waals surface area (Å²) in [6.45, 7) is 9.40. The summed E-state index contributed by atoms with van der Waals surface area (Å²) in [5, 5.41) is 1.67. The molecule has 0 saturated heterocycles. The minimum absolute atomic E-state index is 0.111. The molecule has 0 aliphatic carbocycles. The smallest absolute Gasteiger partial charge is 0.0691 e. The van der Waals surface area contributed by atoms with Gasteiger partial charge in [-0.3, -0.25) is 0 Å². The standard InChI is InChI=1S/C16H28Si2/c1-5-7-13-18(14-8-6-2)17(4)16-11-9-15(3)10-12-16/h9-12H,5-8,13-14H2,1-4H3. The first kappa shape index (κ1) is 15.7. The Morgan fingerprint density at radius 3 is 1.83 bits per heavy atom. The van der Waals surface area contributed by atoms with E-state index in [0.717, 1.165) is 0 Å². The summed E-state index contributed by atoms with van der Waals surface area (Å²) < 4.78 is 0. The third-order valence-electron chi connectivity index (χ3n) is 3.68. The fraction of sp³-hybridized carbons (Fsp3) is 0.625. The topological polar surface area (TPSA) is 0 Å². The van der Waals surface area contributed by atoms with Crippen LogP contribution in [0.25, 0.3) is 0 Å². The Labute approximate surface area is 117 Å². The van der Waals surface area contributed by atoms with Crippen molar-refractivity contribution < 1.29 is 0 Å². The van der Waals surface area contributed by atoms with E-state index < -0.39 is 0 Å². The van der Waals surface area contributed by atoms with Crippen LogP contribution in [0.4, 0.5) is 0 Å².